The maximum atomic E-state index is 14.5. The highest BCUT2D eigenvalue weighted by Gasteiger charge is 2.36. The van der Waals surface area contributed by atoms with Gasteiger partial charge in [-0.2, -0.15) is 5.11 Å². The van der Waals surface area contributed by atoms with Crippen molar-refractivity contribution in [3.8, 4) is 5.75 Å². The molecule has 484 valence electrons. The van der Waals surface area contributed by atoms with E-state index < -0.39 is 108 Å². The molecule has 19 N–H and O–H groups in total. The second kappa shape index (κ2) is 39.4. The number of unbranched alkanes of at least 4 members (excludes halogenated alkanes) is 1. The van der Waals surface area contributed by atoms with Crippen LogP contribution in [0.3, 0.4) is 0 Å². The Bertz CT molecular complexity index is 3000. The zero-order valence-electron chi connectivity index (χ0n) is 49.5. The van der Waals surface area contributed by atoms with Gasteiger partial charge >= 0.3 is 0 Å². The number of phenols is 1. The Morgan fingerprint density at radius 2 is 1.12 bits per heavy atom. The number of aliphatic hydroxyl groups excluding tert-OH is 2. The number of amides is 10. The monoisotopic (exact) mass is 1240 g/mol. The van der Waals surface area contributed by atoms with Crippen molar-refractivity contribution < 1.29 is 77.5 Å². The maximum absolute atomic E-state index is 14.5. The Hall–Kier alpha value is -9.36. The summed E-state index contributed by atoms with van der Waals surface area (Å²) in [6.07, 6.45) is 0.0872. The van der Waals surface area contributed by atoms with Crippen LogP contribution in [0.1, 0.15) is 68.6 Å². The molecule has 0 bridgehead atoms. The van der Waals surface area contributed by atoms with Crippen molar-refractivity contribution in [1.29, 1.82) is 5.53 Å². The van der Waals surface area contributed by atoms with Gasteiger partial charge in [-0.25, -0.2) is 5.53 Å². The van der Waals surface area contributed by atoms with Gasteiger partial charge in [0, 0.05) is 74.9 Å². The second-order valence-electron chi connectivity index (χ2n) is 20.5. The number of nitrogens with zero attached hydrogens (tertiary/aromatic N) is 1. The Morgan fingerprint density at radius 3 is 1.73 bits per heavy atom. The van der Waals surface area contributed by atoms with E-state index in [0.717, 1.165) is 6.92 Å². The minimum Gasteiger partial charge on any atom is -0.508 e. The average Bonchev–Trinajstić information content (AvgIpc) is 2.77. The SMILES string of the molecule is C[C@@H](O)[C@H](NC(=O)[C@H](CC(N)=O)NC(=O)[C@H](Cc1c[nH]c2ccccc12)NC(=O)[C@H](CC(N)=O)NC(=O)[C@@H](Cc1ccc(O)cc1)NC(=O)CCCCN/C=C(/CCC(=O)NCCOCCOCCOCCO)N=N)C(=O)N[C@@H](Cc1ccccc1)C(N)=O. The first-order valence-corrected chi connectivity index (χ1v) is 28.8. The summed E-state index contributed by atoms with van der Waals surface area (Å²) in [6, 6.07) is 11.4. The van der Waals surface area contributed by atoms with E-state index in [-0.39, 0.29) is 76.5 Å². The predicted octanol–water partition coefficient (Wildman–Crippen LogP) is -2.00. The lowest BCUT2D eigenvalue weighted by Gasteiger charge is -2.28. The van der Waals surface area contributed by atoms with E-state index in [2.05, 4.69) is 52.6 Å². The van der Waals surface area contributed by atoms with Crippen LogP contribution in [0, 0.1) is 5.53 Å². The summed E-state index contributed by atoms with van der Waals surface area (Å²) in [5, 5.41) is 53.9. The number of phenolic OH excluding ortho intramolecular Hbond substituents is 1. The molecule has 0 spiro atoms. The Kier molecular flexibility index (Phi) is 32.0. The number of rotatable bonds is 44. The third kappa shape index (κ3) is 27.5. The van der Waals surface area contributed by atoms with E-state index in [1.807, 2.05) is 0 Å². The van der Waals surface area contributed by atoms with E-state index in [0.29, 0.717) is 79.1 Å². The summed E-state index contributed by atoms with van der Waals surface area (Å²) >= 11 is 0. The Labute approximate surface area is 513 Å². The van der Waals surface area contributed by atoms with Crippen LogP contribution in [-0.2, 0) is 81.4 Å². The number of carbonyl (C=O) groups is 10. The number of hydrogen-bond acceptors (Lipinski definition) is 19. The summed E-state index contributed by atoms with van der Waals surface area (Å²) in [6.45, 7) is 3.59. The molecule has 10 amide bonds. The molecule has 7 atom stereocenters. The zero-order chi connectivity index (χ0) is 65.1. The molecule has 0 fully saturated rings. The normalized spacial score (nSPS) is 13.6. The number of H-pyrrole nitrogens is 1. The maximum Gasteiger partial charge on any atom is 0.245 e. The highest BCUT2D eigenvalue weighted by atomic mass is 16.5. The van der Waals surface area contributed by atoms with Gasteiger partial charge in [0.1, 0.15) is 42.0 Å². The number of benzene rings is 3. The minimum absolute atomic E-state index is 0.0446. The smallest absolute Gasteiger partial charge is 0.245 e. The topological polar surface area (TPSA) is 485 Å². The number of allylic oxidation sites excluding steroid dienone is 1. The second-order valence-corrected chi connectivity index (χ2v) is 20.5. The molecular weight excluding hydrogens is 1160 g/mol. The minimum atomic E-state index is -1.85. The van der Waals surface area contributed by atoms with Crippen LogP contribution >= 0.6 is 0 Å². The van der Waals surface area contributed by atoms with Crippen molar-refractivity contribution in [1.82, 2.24) is 47.5 Å². The first kappa shape index (κ1) is 72.1. The molecule has 0 saturated carbocycles. The van der Waals surface area contributed by atoms with Gasteiger partial charge in [-0.15, -0.1) is 0 Å². The fourth-order valence-electron chi connectivity index (χ4n) is 8.77. The molecule has 0 saturated heterocycles. The number of nitrogens with two attached hydrogens (primary N) is 3. The van der Waals surface area contributed by atoms with Crippen molar-refractivity contribution in [3.05, 3.63) is 114 Å². The molecule has 0 aliphatic carbocycles. The predicted molar refractivity (Wildman–Crippen MR) is 321 cm³/mol. The van der Waals surface area contributed by atoms with Crippen LogP contribution < -0.4 is 59.7 Å². The van der Waals surface area contributed by atoms with E-state index in [4.69, 9.17) is 42.0 Å². The number of para-hydroxylation sites is 1. The van der Waals surface area contributed by atoms with Crippen LogP contribution in [0.25, 0.3) is 10.9 Å². The van der Waals surface area contributed by atoms with Gasteiger partial charge in [-0.05, 0) is 54.7 Å². The molecule has 4 aromatic rings. The van der Waals surface area contributed by atoms with Crippen molar-refractivity contribution >= 4 is 70.0 Å². The number of aromatic amines is 1. The lowest BCUT2D eigenvalue weighted by molar-refractivity contribution is -0.137. The molecule has 3 aromatic carbocycles. The Balaban J connectivity index is 1.43. The van der Waals surface area contributed by atoms with Crippen LogP contribution in [0.4, 0.5) is 0 Å². The number of aliphatic hydroxyl groups is 2. The van der Waals surface area contributed by atoms with Crippen LogP contribution in [0.5, 0.6) is 5.75 Å². The van der Waals surface area contributed by atoms with E-state index in [1.165, 1.54) is 30.5 Å². The largest absolute Gasteiger partial charge is 0.508 e. The molecule has 0 unspecified atom stereocenters. The summed E-state index contributed by atoms with van der Waals surface area (Å²) < 4.78 is 15.9. The summed E-state index contributed by atoms with van der Waals surface area (Å²) in [7, 11) is 0. The number of nitrogens with one attached hydrogen (secondary N) is 10. The third-order valence-electron chi connectivity index (χ3n) is 13.4. The van der Waals surface area contributed by atoms with Gasteiger partial charge in [-0.3, -0.25) is 47.9 Å². The molecule has 30 nitrogen and oxygen atoms in total. The standard InChI is InChI=1S/C59H82N14O16/c1-36(75)53(59(86)68-44(54(62)81)29-37-9-3-2-4-10-37)72-58(85)48(33-50(61)78)71-56(83)46(31-39-34-66-43-12-6-5-11-42(39)43)69-57(84)47(32-49(60)77)70-55(82)45(30-38-14-17-41(76)18-15-38)67-52(80)13-7-8-20-64-35-40(73-63)16-19-51(79)65-21-23-87-25-27-89-28-26-88-24-22-74/h2-6,9-12,14-15,17-18,34-36,44-48,53,63-64,66,74-76H,7-8,13,16,19-33H2,1H3,(H2,60,77)(H2,61,78)(H2,62,81)(H,65,79)(H,67,80)(H,68,86)(H,69,84)(H,70,82)(H,71,83)(H,72,85)/b40-35-,73-63?/t36-,44+,45-,46+,47+,48+,53+/m1/s1. The van der Waals surface area contributed by atoms with Crippen molar-refractivity contribution in [2.45, 2.75) is 113 Å². The number of hydrogen-bond donors (Lipinski definition) is 16. The van der Waals surface area contributed by atoms with Gasteiger partial charge in [0.15, 0.2) is 0 Å². The summed E-state index contributed by atoms with van der Waals surface area (Å²) in [5.41, 5.74) is 26.7. The van der Waals surface area contributed by atoms with Crippen molar-refractivity contribution in [2.24, 2.45) is 22.3 Å². The first-order valence-electron chi connectivity index (χ1n) is 28.8. The highest BCUT2D eigenvalue weighted by molar-refractivity contribution is 6.00. The number of primary amides is 3. The number of ether oxygens (including phenoxy) is 3. The summed E-state index contributed by atoms with van der Waals surface area (Å²) in [5.74, 6) is -9.44. The number of carbonyl (C=O) groups excluding carboxylic acids is 10. The van der Waals surface area contributed by atoms with Crippen molar-refractivity contribution in [2.75, 3.05) is 59.3 Å². The first-order chi connectivity index (χ1) is 42.7. The van der Waals surface area contributed by atoms with Crippen molar-refractivity contribution in [3.63, 3.8) is 0 Å². The zero-order valence-corrected chi connectivity index (χ0v) is 49.5. The van der Waals surface area contributed by atoms with Gasteiger partial charge in [0.2, 0.25) is 59.1 Å². The molecule has 4 rings (SSSR count). The molecule has 1 aromatic heterocycles. The Morgan fingerprint density at radius 1 is 0.584 bits per heavy atom. The lowest BCUT2D eigenvalue weighted by atomic mass is 10.0. The molecule has 1 heterocycles. The number of aromatic nitrogens is 1. The van der Waals surface area contributed by atoms with E-state index in [1.54, 1.807) is 60.8 Å². The van der Waals surface area contributed by atoms with Gasteiger partial charge in [0.25, 0.3) is 0 Å². The number of aromatic hydroxyl groups is 1. The van der Waals surface area contributed by atoms with Crippen LogP contribution in [-0.4, -0.2) is 181 Å². The average molecular weight is 1240 g/mol. The van der Waals surface area contributed by atoms with E-state index >= 15 is 0 Å². The molecule has 0 radical (unpaired) electrons. The highest BCUT2D eigenvalue weighted by Crippen LogP contribution is 2.20. The fraction of sp³-hybridized carbons (Fsp3) is 0.458. The van der Waals surface area contributed by atoms with E-state index in [9.17, 15) is 58.2 Å². The van der Waals surface area contributed by atoms with Crippen LogP contribution in [0.15, 0.2) is 102 Å². The molecule has 0 aliphatic heterocycles. The van der Waals surface area contributed by atoms with Gasteiger partial charge in [0.05, 0.1) is 70.9 Å². The quantitative estimate of drug-likeness (QED) is 0.0168. The number of fused-ring (bicyclic) bond motifs is 1. The summed E-state index contributed by atoms with van der Waals surface area (Å²) in [4.78, 5) is 137. The fourth-order valence-corrected chi connectivity index (χ4v) is 8.77. The van der Waals surface area contributed by atoms with Gasteiger partial charge < -0.3 is 94.2 Å². The molecular formula is C59H82N14O16. The molecule has 89 heavy (non-hydrogen) atoms. The molecule has 30 heteroatoms. The molecule has 0 aliphatic rings. The lowest BCUT2D eigenvalue weighted by Crippen LogP contribution is -2.62. The third-order valence-corrected chi connectivity index (χ3v) is 13.4. The van der Waals surface area contributed by atoms with Crippen LogP contribution in [0.2, 0.25) is 0 Å². The van der Waals surface area contributed by atoms with Gasteiger partial charge in [-0.1, -0.05) is 60.7 Å².